The highest BCUT2D eigenvalue weighted by Gasteiger charge is 2.28. The molecule has 1 amide bonds. The van der Waals surface area contributed by atoms with Crippen molar-refractivity contribution in [3.63, 3.8) is 0 Å². The first-order valence-corrected chi connectivity index (χ1v) is 12.9. The van der Waals surface area contributed by atoms with Crippen molar-refractivity contribution < 1.29 is 13.2 Å². The summed E-state index contributed by atoms with van der Waals surface area (Å²) in [5.74, 6) is 0.529. The highest BCUT2D eigenvalue weighted by Crippen LogP contribution is 2.20. The number of nitrogens with zero attached hydrogens (tertiary/aromatic N) is 5. The lowest BCUT2D eigenvalue weighted by atomic mass is 9.97. The number of carbonyl (C=O) groups excluding carboxylic acids is 1. The Balaban J connectivity index is 1.28. The van der Waals surface area contributed by atoms with E-state index in [2.05, 4.69) is 37.8 Å². The molecule has 0 radical (unpaired) electrons. The summed E-state index contributed by atoms with van der Waals surface area (Å²) in [6, 6.07) is 10.2. The number of hydrogen-bond acceptors (Lipinski definition) is 7. The van der Waals surface area contributed by atoms with Crippen LogP contribution < -0.4 is 10.6 Å². The molecule has 4 rings (SSSR count). The molecule has 3 aromatic rings. The molecule has 176 valence electrons. The average molecular weight is 472 g/mol. The molecule has 0 unspecified atom stereocenters. The van der Waals surface area contributed by atoms with Crippen LogP contribution in [0.25, 0.3) is 11.0 Å². The van der Waals surface area contributed by atoms with Crippen LogP contribution in [0.3, 0.4) is 0 Å². The molecule has 2 aromatic heterocycles. The third kappa shape index (κ3) is 5.85. The van der Waals surface area contributed by atoms with Gasteiger partial charge in [-0.3, -0.25) is 4.79 Å². The van der Waals surface area contributed by atoms with E-state index in [-0.39, 0.29) is 11.8 Å². The van der Waals surface area contributed by atoms with Gasteiger partial charge in [-0.2, -0.15) is 5.10 Å². The van der Waals surface area contributed by atoms with Crippen LogP contribution in [0.1, 0.15) is 18.4 Å². The van der Waals surface area contributed by atoms with Crippen LogP contribution in [0.15, 0.2) is 42.9 Å². The molecule has 0 spiro atoms. The molecule has 11 heteroatoms. The van der Waals surface area contributed by atoms with Gasteiger partial charge in [-0.05, 0) is 24.8 Å². The Morgan fingerprint density at radius 1 is 1.12 bits per heavy atom. The second-order valence-corrected chi connectivity index (χ2v) is 10.2. The second kappa shape index (κ2) is 10.3. The van der Waals surface area contributed by atoms with Gasteiger partial charge in [0.1, 0.15) is 12.1 Å². The van der Waals surface area contributed by atoms with E-state index in [9.17, 15) is 13.2 Å². The van der Waals surface area contributed by atoms with Crippen LogP contribution in [0.4, 0.5) is 5.82 Å². The standard InChI is InChI=1S/C22H29N7O3S/c1-33(31,32)28-12-8-18(9-13-28)22(30)24-11-14-29-21-19(15-27-29)20(25-16-26-21)23-10-7-17-5-3-2-4-6-17/h2-6,15-16,18H,7-14H2,1H3,(H,24,30)(H,23,25,26). The Hall–Kier alpha value is -3.05. The van der Waals surface area contributed by atoms with Gasteiger partial charge in [-0.15, -0.1) is 0 Å². The first-order chi connectivity index (χ1) is 15.9. The molecular weight excluding hydrogens is 442 g/mol. The zero-order valence-corrected chi connectivity index (χ0v) is 19.5. The van der Waals surface area contributed by atoms with E-state index in [0.717, 1.165) is 24.2 Å². The van der Waals surface area contributed by atoms with E-state index in [4.69, 9.17) is 0 Å². The number of amides is 1. The van der Waals surface area contributed by atoms with E-state index >= 15 is 0 Å². The fraction of sp³-hybridized carbons (Fsp3) is 0.455. The maximum absolute atomic E-state index is 12.5. The predicted octanol–water partition coefficient (Wildman–Crippen LogP) is 1.27. The highest BCUT2D eigenvalue weighted by molar-refractivity contribution is 7.88. The van der Waals surface area contributed by atoms with Gasteiger partial charge in [0.2, 0.25) is 15.9 Å². The molecular formula is C22H29N7O3S. The molecule has 3 heterocycles. The van der Waals surface area contributed by atoms with Crippen LogP contribution in [-0.2, 0) is 27.8 Å². The Labute approximate surface area is 193 Å². The number of hydrogen-bond donors (Lipinski definition) is 2. The quantitative estimate of drug-likeness (QED) is 0.482. The van der Waals surface area contributed by atoms with Crippen LogP contribution in [-0.4, -0.2) is 70.8 Å². The number of fused-ring (bicyclic) bond motifs is 1. The van der Waals surface area contributed by atoms with Gasteiger partial charge in [-0.1, -0.05) is 30.3 Å². The number of sulfonamides is 1. The van der Waals surface area contributed by atoms with Crippen molar-refractivity contribution in [1.82, 2.24) is 29.4 Å². The number of nitrogens with one attached hydrogen (secondary N) is 2. The Kier molecular flexibility index (Phi) is 7.19. The fourth-order valence-electron chi connectivity index (χ4n) is 4.05. The molecule has 1 aliphatic rings. The lowest BCUT2D eigenvalue weighted by molar-refractivity contribution is -0.126. The Morgan fingerprint density at radius 3 is 2.61 bits per heavy atom. The van der Waals surface area contributed by atoms with Crippen molar-refractivity contribution in [3.05, 3.63) is 48.4 Å². The van der Waals surface area contributed by atoms with E-state index in [0.29, 0.717) is 44.7 Å². The summed E-state index contributed by atoms with van der Waals surface area (Å²) >= 11 is 0. The lowest BCUT2D eigenvalue weighted by Gasteiger charge is -2.29. The van der Waals surface area contributed by atoms with Crippen molar-refractivity contribution in [2.24, 2.45) is 5.92 Å². The topological polar surface area (TPSA) is 122 Å². The van der Waals surface area contributed by atoms with Gasteiger partial charge in [0.05, 0.1) is 24.4 Å². The number of piperidine rings is 1. The van der Waals surface area contributed by atoms with Gasteiger partial charge < -0.3 is 10.6 Å². The number of rotatable bonds is 9. The summed E-state index contributed by atoms with van der Waals surface area (Å²) in [6.07, 6.45) is 6.41. The molecule has 1 aromatic carbocycles. The zero-order valence-electron chi connectivity index (χ0n) is 18.6. The molecule has 0 atom stereocenters. The van der Waals surface area contributed by atoms with Gasteiger partial charge in [0, 0.05) is 32.1 Å². The lowest BCUT2D eigenvalue weighted by Crippen LogP contribution is -2.43. The summed E-state index contributed by atoms with van der Waals surface area (Å²) in [6.45, 7) is 2.42. The molecule has 1 aliphatic heterocycles. The highest BCUT2D eigenvalue weighted by atomic mass is 32.2. The number of aromatic nitrogens is 4. The zero-order chi connectivity index (χ0) is 23.3. The number of carbonyl (C=O) groups is 1. The summed E-state index contributed by atoms with van der Waals surface area (Å²) in [7, 11) is -3.19. The monoisotopic (exact) mass is 471 g/mol. The van der Waals surface area contributed by atoms with Crippen molar-refractivity contribution in [3.8, 4) is 0 Å². The summed E-state index contributed by atoms with van der Waals surface area (Å²) in [4.78, 5) is 21.2. The SMILES string of the molecule is CS(=O)(=O)N1CCC(C(=O)NCCn2ncc3c(NCCc4ccccc4)ncnc32)CC1. The minimum Gasteiger partial charge on any atom is -0.369 e. The average Bonchev–Trinajstić information content (AvgIpc) is 3.23. The molecule has 0 bridgehead atoms. The Bertz CT molecular complexity index is 1190. The Morgan fingerprint density at radius 2 is 1.88 bits per heavy atom. The smallest absolute Gasteiger partial charge is 0.223 e. The molecule has 0 saturated carbocycles. The predicted molar refractivity (Wildman–Crippen MR) is 126 cm³/mol. The van der Waals surface area contributed by atoms with Crippen LogP contribution in [0.5, 0.6) is 0 Å². The van der Waals surface area contributed by atoms with Gasteiger partial charge in [0.25, 0.3) is 0 Å². The van der Waals surface area contributed by atoms with E-state index in [1.54, 1.807) is 10.9 Å². The van der Waals surface area contributed by atoms with Crippen LogP contribution in [0.2, 0.25) is 0 Å². The maximum atomic E-state index is 12.5. The van der Waals surface area contributed by atoms with Crippen LogP contribution in [0, 0.1) is 5.92 Å². The molecule has 1 saturated heterocycles. The molecule has 0 aliphatic carbocycles. The summed E-state index contributed by atoms with van der Waals surface area (Å²) in [5.41, 5.74) is 1.96. The third-order valence-corrected chi connectivity index (χ3v) is 7.20. The molecule has 10 nitrogen and oxygen atoms in total. The number of anilines is 1. The minimum absolute atomic E-state index is 0.0440. The minimum atomic E-state index is -3.19. The first kappa shape index (κ1) is 23.1. The largest absolute Gasteiger partial charge is 0.369 e. The second-order valence-electron chi connectivity index (χ2n) is 8.22. The maximum Gasteiger partial charge on any atom is 0.223 e. The van der Waals surface area contributed by atoms with E-state index in [1.807, 2.05) is 18.2 Å². The normalized spacial score (nSPS) is 15.5. The van der Waals surface area contributed by atoms with Crippen molar-refractivity contribution in [2.45, 2.75) is 25.8 Å². The van der Waals surface area contributed by atoms with E-state index in [1.165, 1.54) is 22.5 Å². The first-order valence-electron chi connectivity index (χ1n) is 11.1. The molecule has 33 heavy (non-hydrogen) atoms. The van der Waals surface area contributed by atoms with Gasteiger partial charge in [-0.25, -0.2) is 27.4 Å². The van der Waals surface area contributed by atoms with Gasteiger partial charge in [0.15, 0.2) is 5.65 Å². The van der Waals surface area contributed by atoms with Crippen LogP contribution >= 0.6 is 0 Å². The summed E-state index contributed by atoms with van der Waals surface area (Å²) in [5, 5.41) is 11.6. The fourth-order valence-corrected chi connectivity index (χ4v) is 4.92. The van der Waals surface area contributed by atoms with Crippen molar-refractivity contribution in [2.75, 3.05) is 37.8 Å². The van der Waals surface area contributed by atoms with Crippen molar-refractivity contribution >= 4 is 32.8 Å². The number of benzene rings is 1. The summed E-state index contributed by atoms with van der Waals surface area (Å²) < 4.78 is 26.4. The van der Waals surface area contributed by atoms with E-state index < -0.39 is 10.0 Å². The molecule has 2 N–H and O–H groups in total. The third-order valence-electron chi connectivity index (χ3n) is 5.90. The van der Waals surface area contributed by atoms with Gasteiger partial charge >= 0.3 is 0 Å². The molecule has 1 fully saturated rings. The van der Waals surface area contributed by atoms with Crippen molar-refractivity contribution in [1.29, 1.82) is 0 Å².